The average molecular weight is 441 g/mol. The molecule has 1 aromatic carbocycles. The number of thiol groups is 1. The average Bonchev–Trinajstić information content (AvgIpc) is 2.58. The Kier molecular flexibility index (Phi) is 6.75. The minimum Gasteiger partial charge on any atom is -0.378 e. The number of rotatable bonds is 5. The molecule has 1 aliphatic carbocycles. The zero-order valence-electron chi connectivity index (χ0n) is 14.9. The highest BCUT2D eigenvalue weighted by Crippen LogP contribution is 2.37. The maximum Gasteiger partial charge on any atom is 0.416 e. The van der Waals surface area contributed by atoms with E-state index in [0.717, 1.165) is 6.92 Å². The minimum atomic E-state index is -5.06. The molecule has 2 atom stereocenters. The van der Waals surface area contributed by atoms with E-state index in [-0.39, 0.29) is 6.07 Å². The Balaban J connectivity index is 2.15. The van der Waals surface area contributed by atoms with Gasteiger partial charge in [0, 0.05) is 12.1 Å². The second kappa shape index (κ2) is 8.41. The lowest BCUT2D eigenvalue weighted by molar-refractivity contribution is -0.143. The first-order chi connectivity index (χ1) is 13.2. The zero-order valence-corrected chi connectivity index (χ0v) is 15.8. The number of aliphatic hydroxyl groups is 1. The summed E-state index contributed by atoms with van der Waals surface area (Å²) in [5, 5.41) is 12.2. The maximum atomic E-state index is 12.9. The number of nitrogens with one attached hydrogen (secondary N) is 1. The van der Waals surface area contributed by atoms with Crippen molar-refractivity contribution in [1.82, 2.24) is 0 Å². The molecule has 0 aliphatic heterocycles. The van der Waals surface area contributed by atoms with E-state index in [2.05, 4.69) is 12.6 Å². The van der Waals surface area contributed by atoms with Gasteiger partial charge < -0.3 is 15.2 Å². The summed E-state index contributed by atoms with van der Waals surface area (Å²) in [6.07, 6.45) is -5.19. The van der Waals surface area contributed by atoms with Crippen LogP contribution in [0.5, 0.6) is 0 Å². The Hall–Kier alpha value is -1.98. The van der Waals surface area contributed by atoms with Crippen LogP contribution in [0.15, 0.2) is 41.3 Å². The lowest BCUT2D eigenvalue weighted by Crippen LogP contribution is -2.45. The van der Waals surface area contributed by atoms with Gasteiger partial charge in [-0.05, 0) is 30.0 Å². The molecule has 1 aromatic rings. The van der Waals surface area contributed by atoms with Gasteiger partial charge in [0.25, 0.3) is 5.91 Å². The van der Waals surface area contributed by atoms with Crippen LogP contribution in [0.3, 0.4) is 0 Å². The number of carbonyl (C=O) groups is 1. The topological polar surface area (TPSA) is 58.6 Å². The fourth-order valence-corrected chi connectivity index (χ4v) is 2.64. The number of amides is 1. The molecule has 2 rings (SSSR count). The van der Waals surface area contributed by atoms with Gasteiger partial charge in [-0.25, -0.2) is 0 Å². The summed E-state index contributed by atoms with van der Waals surface area (Å²) in [5.41, 5.74) is -6.13. The number of alkyl halides is 6. The van der Waals surface area contributed by atoms with E-state index < -0.39 is 53.4 Å². The van der Waals surface area contributed by atoms with Crippen molar-refractivity contribution in [2.45, 2.75) is 37.4 Å². The van der Waals surface area contributed by atoms with Crippen LogP contribution < -0.4 is 5.32 Å². The molecule has 1 aliphatic rings. The summed E-state index contributed by atoms with van der Waals surface area (Å²) in [6.45, 7) is 0.491. The minimum absolute atomic E-state index is 0.0606. The second-order valence-corrected chi connectivity index (χ2v) is 7.19. The normalized spacial score (nSPS) is 19.5. The monoisotopic (exact) mass is 441 g/mol. The summed E-state index contributed by atoms with van der Waals surface area (Å²) in [5.74, 6) is -1.22. The SMILES string of the molecule is CC(O)(COC1C=CC=C(S)C1)C(=O)Nc1cc(C(F)(F)F)cc(C(F)(F)F)c1. The van der Waals surface area contributed by atoms with Crippen molar-refractivity contribution < 1.29 is 41.0 Å². The summed E-state index contributed by atoms with van der Waals surface area (Å²) in [6, 6.07) is 0.646. The van der Waals surface area contributed by atoms with Crippen molar-refractivity contribution in [2.24, 2.45) is 0 Å². The number of allylic oxidation sites excluding steroid dienone is 2. The molecule has 2 N–H and O–H groups in total. The molecular weight excluding hydrogens is 424 g/mol. The van der Waals surface area contributed by atoms with E-state index in [1.807, 2.05) is 5.32 Å². The largest absolute Gasteiger partial charge is 0.416 e. The smallest absolute Gasteiger partial charge is 0.378 e. The van der Waals surface area contributed by atoms with E-state index >= 15 is 0 Å². The molecule has 160 valence electrons. The predicted molar refractivity (Wildman–Crippen MR) is 96.3 cm³/mol. The van der Waals surface area contributed by atoms with Crippen LogP contribution >= 0.6 is 12.6 Å². The van der Waals surface area contributed by atoms with Crippen LogP contribution in [-0.2, 0) is 21.9 Å². The molecule has 29 heavy (non-hydrogen) atoms. The third-order valence-corrected chi connectivity index (χ3v) is 4.27. The fourth-order valence-electron chi connectivity index (χ4n) is 2.37. The maximum absolute atomic E-state index is 12.9. The van der Waals surface area contributed by atoms with Crippen LogP contribution in [0.25, 0.3) is 0 Å². The third-order valence-electron chi connectivity index (χ3n) is 3.94. The van der Waals surface area contributed by atoms with Crippen molar-refractivity contribution in [3.63, 3.8) is 0 Å². The molecular formula is C18H17F6NO3S. The van der Waals surface area contributed by atoms with Crippen LogP contribution in [0.2, 0.25) is 0 Å². The Morgan fingerprint density at radius 3 is 2.21 bits per heavy atom. The van der Waals surface area contributed by atoms with Gasteiger partial charge in [-0.3, -0.25) is 4.79 Å². The van der Waals surface area contributed by atoms with E-state index in [9.17, 15) is 36.2 Å². The van der Waals surface area contributed by atoms with Crippen molar-refractivity contribution in [3.8, 4) is 0 Å². The van der Waals surface area contributed by atoms with E-state index in [1.165, 1.54) is 0 Å². The van der Waals surface area contributed by atoms with Gasteiger partial charge in [-0.2, -0.15) is 26.3 Å². The summed E-state index contributed by atoms with van der Waals surface area (Å²) in [7, 11) is 0. The molecule has 0 aromatic heterocycles. The quantitative estimate of drug-likeness (QED) is 0.464. The van der Waals surface area contributed by atoms with Crippen molar-refractivity contribution in [2.75, 3.05) is 11.9 Å². The molecule has 0 bridgehead atoms. The molecule has 0 radical (unpaired) electrons. The molecule has 11 heteroatoms. The molecule has 1 amide bonds. The lowest BCUT2D eigenvalue weighted by Gasteiger charge is -2.26. The van der Waals surface area contributed by atoms with Crippen LogP contribution in [0.4, 0.5) is 32.0 Å². The highest BCUT2D eigenvalue weighted by Gasteiger charge is 2.38. The number of benzene rings is 1. The molecule has 2 unspecified atom stereocenters. The van der Waals surface area contributed by atoms with Gasteiger partial charge in [0.2, 0.25) is 0 Å². The van der Waals surface area contributed by atoms with Gasteiger partial charge >= 0.3 is 12.4 Å². The first kappa shape index (κ1) is 23.3. The van der Waals surface area contributed by atoms with E-state index in [4.69, 9.17) is 4.74 Å². The third kappa shape index (κ3) is 6.51. The molecule has 4 nitrogen and oxygen atoms in total. The number of anilines is 1. The number of carbonyl (C=O) groups excluding carboxylic acids is 1. The molecule has 0 saturated carbocycles. The summed E-state index contributed by atoms with van der Waals surface area (Å²) < 4.78 is 82.8. The van der Waals surface area contributed by atoms with Crippen LogP contribution in [-0.4, -0.2) is 29.3 Å². The lowest BCUT2D eigenvalue weighted by atomic mass is 10.0. The van der Waals surface area contributed by atoms with Gasteiger partial charge in [0.05, 0.1) is 23.8 Å². The Morgan fingerprint density at radius 1 is 1.17 bits per heavy atom. The van der Waals surface area contributed by atoms with Gasteiger partial charge in [-0.15, -0.1) is 12.6 Å². The van der Waals surface area contributed by atoms with Gasteiger partial charge in [0.1, 0.15) is 0 Å². The zero-order chi connectivity index (χ0) is 22.0. The number of halogens is 6. The first-order valence-corrected chi connectivity index (χ1v) is 8.64. The molecule has 0 fully saturated rings. The number of hydrogen-bond acceptors (Lipinski definition) is 4. The van der Waals surface area contributed by atoms with E-state index in [0.29, 0.717) is 23.5 Å². The van der Waals surface area contributed by atoms with Crippen LogP contribution in [0.1, 0.15) is 24.5 Å². The van der Waals surface area contributed by atoms with Crippen molar-refractivity contribution in [1.29, 1.82) is 0 Å². The highest BCUT2D eigenvalue weighted by atomic mass is 32.1. The number of hydrogen-bond donors (Lipinski definition) is 3. The molecule has 0 spiro atoms. The fraction of sp³-hybridized carbons (Fsp3) is 0.389. The number of ether oxygens (including phenoxy) is 1. The van der Waals surface area contributed by atoms with Crippen molar-refractivity contribution >= 4 is 24.2 Å². The van der Waals surface area contributed by atoms with Crippen LogP contribution in [0, 0.1) is 0 Å². The van der Waals surface area contributed by atoms with Crippen molar-refractivity contribution in [3.05, 3.63) is 52.5 Å². The summed E-state index contributed by atoms with van der Waals surface area (Å²) >= 11 is 4.16. The Labute approximate surface area is 167 Å². The standard InChI is InChI=1S/C18H17F6NO3S/c1-16(27,9-28-13-3-2-4-14(29)8-13)15(26)25-12-6-10(17(19,20)21)5-11(7-12)18(22,23)24/h2-7,13,27,29H,8-9H2,1H3,(H,25,26). The summed E-state index contributed by atoms with van der Waals surface area (Å²) in [4.78, 5) is 12.9. The predicted octanol–water partition coefficient (Wildman–Crippen LogP) is 4.57. The van der Waals surface area contributed by atoms with Gasteiger partial charge in [0.15, 0.2) is 5.60 Å². The molecule has 0 heterocycles. The van der Waals surface area contributed by atoms with Gasteiger partial charge in [-0.1, -0.05) is 18.2 Å². The first-order valence-electron chi connectivity index (χ1n) is 8.20. The molecule has 0 saturated heterocycles. The Morgan fingerprint density at radius 2 is 1.72 bits per heavy atom. The highest BCUT2D eigenvalue weighted by molar-refractivity contribution is 7.84. The Bertz CT molecular complexity index is 798. The second-order valence-electron chi connectivity index (χ2n) is 6.62. The van der Waals surface area contributed by atoms with E-state index in [1.54, 1.807) is 18.2 Å².